The van der Waals surface area contributed by atoms with E-state index in [1.54, 1.807) is 12.1 Å². The number of benzene rings is 3. The van der Waals surface area contributed by atoms with Crippen LogP contribution >= 0.6 is 0 Å². The third-order valence-corrected chi connectivity index (χ3v) is 5.84. The number of alkyl carbamates (subject to hydrolysis) is 1. The van der Waals surface area contributed by atoms with E-state index in [1.165, 1.54) is 19.1 Å². The van der Waals surface area contributed by atoms with Crippen LogP contribution in [0.15, 0.2) is 84.9 Å². The lowest BCUT2D eigenvalue weighted by Gasteiger charge is -2.19. The predicted molar refractivity (Wildman–Crippen MR) is 130 cm³/mol. The molecule has 0 aliphatic heterocycles. The van der Waals surface area contributed by atoms with E-state index in [2.05, 4.69) is 11.9 Å². The van der Waals surface area contributed by atoms with E-state index in [1.807, 2.05) is 48.5 Å². The highest BCUT2D eigenvalue weighted by Gasteiger charge is 2.30. The topological polar surface area (TPSA) is 102 Å². The summed E-state index contributed by atoms with van der Waals surface area (Å²) in [5, 5.41) is 12.0. The second-order valence-corrected chi connectivity index (χ2v) is 8.38. The molecule has 35 heavy (non-hydrogen) atoms. The van der Waals surface area contributed by atoms with Crippen molar-refractivity contribution in [1.82, 2.24) is 5.32 Å². The van der Waals surface area contributed by atoms with Crippen LogP contribution in [-0.2, 0) is 25.5 Å². The maximum atomic E-state index is 12.7. The normalized spacial score (nSPS) is 12.7. The number of carbonyl (C=O) groups is 3. The number of phenols is 1. The van der Waals surface area contributed by atoms with E-state index in [-0.39, 0.29) is 30.3 Å². The first-order valence-corrected chi connectivity index (χ1v) is 11.1. The molecule has 0 bridgehead atoms. The molecule has 7 heteroatoms. The molecule has 0 spiro atoms. The summed E-state index contributed by atoms with van der Waals surface area (Å²) >= 11 is 0. The number of hydrogen-bond acceptors (Lipinski definition) is 6. The molecule has 7 nitrogen and oxygen atoms in total. The number of carbonyl (C=O) groups excluding carboxylic acids is 3. The fourth-order valence-corrected chi connectivity index (χ4v) is 4.09. The fourth-order valence-electron chi connectivity index (χ4n) is 4.09. The number of hydrogen-bond donors (Lipinski definition) is 2. The summed E-state index contributed by atoms with van der Waals surface area (Å²) in [5.74, 6) is -1.88. The second-order valence-electron chi connectivity index (χ2n) is 8.38. The third-order valence-electron chi connectivity index (χ3n) is 5.84. The summed E-state index contributed by atoms with van der Waals surface area (Å²) in [4.78, 5) is 37.2. The number of rotatable bonds is 7. The quantitative estimate of drug-likeness (QED) is 0.299. The van der Waals surface area contributed by atoms with Crippen LogP contribution < -0.4 is 5.32 Å². The minimum atomic E-state index is -1.18. The molecule has 3 aromatic rings. The van der Waals surface area contributed by atoms with Crippen molar-refractivity contribution in [3.05, 3.63) is 102 Å². The van der Waals surface area contributed by atoms with Gasteiger partial charge >= 0.3 is 18.0 Å². The molecule has 178 valence electrons. The molecule has 1 aliphatic rings. The lowest BCUT2D eigenvalue weighted by atomic mass is 9.98. The van der Waals surface area contributed by atoms with Crippen LogP contribution in [0, 0.1) is 0 Å². The minimum absolute atomic E-state index is 0.0345. The minimum Gasteiger partial charge on any atom is -0.508 e. The molecule has 0 saturated heterocycles. The Morgan fingerprint density at radius 1 is 0.943 bits per heavy atom. The van der Waals surface area contributed by atoms with Gasteiger partial charge in [0.25, 0.3) is 0 Å². The van der Waals surface area contributed by atoms with E-state index in [4.69, 9.17) is 9.47 Å². The van der Waals surface area contributed by atoms with Crippen molar-refractivity contribution in [2.75, 3.05) is 6.61 Å². The van der Waals surface area contributed by atoms with Crippen molar-refractivity contribution in [2.24, 2.45) is 0 Å². The Balaban J connectivity index is 1.46. The smallest absolute Gasteiger partial charge is 0.407 e. The summed E-state index contributed by atoms with van der Waals surface area (Å²) in [5.41, 5.74) is 5.03. The average molecular weight is 472 g/mol. The van der Waals surface area contributed by atoms with Gasteiger partial charge in [0.2, 0.25) is 0 Å². The lowest BCUT2D eigenvalue weighted by Crippen LogP contribution is -2.44. The molecule has 3 aromatic carbocycles. The molecule has 4 rings (SSSR count). The molecular formula is C28H25NO6. The van der Waals surface area contributed by atoms with Crippen molar-refractivity contribution in [3.8, 4) is 16.9 Å². The molecule has 1 atom stereocenters. The van der Waals surface area contributed by atoms with Gasteiger partial charge in [-0.25, -0.2) is 14.4 Å². The SMILES string of the molecule is C=C(C)C(=O)OC(=O)[C@H](Cc1ccc(O)cc1)NC(=O)OCC1c2ccccc2-c2ccccc21. The van der Waals surface area contributed by atoms with Crippen LogP contribution in [0.1, 0.15) is 29.5 Å². The number of phenolic OH excluding ortho intramolecular Hbond substituents is 1. The number of esters is 2. The van der Waals surface area contributed by atoms with E-state index in [0.29, 0.717) is 5.56 Å². The van der Waals surface area contributed by atoms with Crippen LogP contribution in [-0.4, -0.2) is 35.8 Å². The fraction of sp³-hybridized carbons (Fsp3) is 0.179. The molecule has 0 unspecified atom stereocenters. The van der Waals surface area contributed by atoms with E-state index >= 15 is 0 Å². The van der Waals surface area contributed by atoms with Gasteiger partial charge in [0.15, 0.2) is 0 Å². The summed E-state index contributed by atoms with van der Waals surface area (Å²) in [6.45, 7) is 4.96. The Kier molecular flexibility index (Phi) is 6.96. The Morgan fingerprint density at radius 3 is 2.09 bits per heavy atom. The number of ether oxygens (including phenoxy) is 2. The summed E-state index contributed by atoms with van der Waals surface area (Å²) in [6, 6.07) is 20.9. The summed E-state index contributed by atoms with van der Waals surface area (Å²) < 4.78 is 10.4. The van der Waals surface area contributed by atoms with Crippen LogP contribution in [0.4, 0.5) is 4.79 Å². The van der Waals surface area contributed by atoms with Crippen molar-refractivity contribution in [2.45, 2.75) is 25.3 Å². The molecule has 0 heterocycles. The summed E-state index contributed by atoms with van der Waals surface area (Å²) in [7, 11) is 0. The molecule has 2 N–H and O–H groups in total. The van der Waals surface area contributed by atoms with Gasteiger partial charge in [-0.2, -0.15) is 0 Å². The predicted octanol–water partition coefficient (Wildman–Crippen LogP) is 4.49. The van der Waals surface area contributed by atoms with Gasteiger partial charge < -0.3 is 19.9 Å². The molecule has 0 aromatic heterocycles. The highest BCUT2D eigenvalue weighted by molar-refractivity contribution is 5.97. The first-order chi connectivity index (χ1) is 16.8. The number of amides is 1. The monoisotopic (exact) mass is 471 g/mol. The van der Waals surface area contributed by atoms with Gasteiger partial charge in [-0.3, -0.25) is 0 Å². The second kappa shape index (κ2) is 10.3. The van der Waals surface area contributed by atoms with E-state index in [9.17, 15) is 19.5 Å². The average Bonchev–Trinajstić information content (AvgIpc) is 3.17. The standard InChI is InChI=1S/C28H25NO6/c1-17(2)26(31)35-27(32)25(15-18-11-13-19(30)14-12-18)29-28(33)34-16-24-22-9-5-3-7-20(22)21-8-4-6-10-23(21)24/h3-14,24-25,30H,1,15-16H2,2H3,(H,29,33)/t25-/m0/s1. The van der Waals surface area contributed by atoms with E-state index in [0.717, 1.165) is 22.3 Å². The number of nitrogens with one attached hydrogen (secondary N) is 1. The molecule has 0 radical (unpaired) electrons. The van der Waals surface area contributed by atoms with Crippen LogP contribution in [0.3, 0.4) is 0 Å². The highest BCUT2D eigenvalue weighted by atomic mass is 16.6. The third kappa shape index (κ3) is 5.41. The summed E-state index contributed by atoms with van der Waals surface area (Å²) in [6.07, 6.45) is -0.775. The van der Waals surface area contributed by atoms with Crippen molar-refractivity contribution in [3.63, 3.8) is 0 Å². The van der Waals surface area contributed by atoms with Crippen LogP contribution in [0.25, 0.3) is 11.1 Å². The Morgan fingerprint density at radius 2 is 1.51 bits per heavy atom. The maximum Gasteiger partial charge on any atom is 0.407 e. The molecular weight excluding hydrogens is 446 g/mol. The lowest BCUT2D eigenvalue weighted by molar-refractivity contribution is -0.158. The van der Waals surface area contributed by atoms with Crippen molar-refractivity contribution in [1.29, 1.82) is 0 Å². The van der Waals surface area contributed by atoms with Crippen molar-refractivity contribution < 1.29 is 29.0 Å². The first kappa shape index (κ1) is 23.8. The molecule has 1 aliphatic carbocycles. The number of fused-ring (bicyclic) bond motifs is 3. The van der Waals surface area contributed by atoms with E-state index < -0.39 is 24.1 Å². The zero-order valence-corrected chi connectivity index (χ0v) is 19.2. The number of aromatic hydroxyl groups is 1. The Bertz CT molecular complexity index is 1240. The zero-order chi connectivity index (χ0) is 24.9. The van der Waals surface area contributed by atoms with Crippen LogP contribution in [0.5, 0.6) is 5.75 Å². The maximum absolute atomic E-state index is 12.7. The van der Waals surface area contributed by atoms with Gasteiger partial charge in [-0.1, -0.05) is 67.2 Å². The van der Waals surface area contributed by atoms with Crippen molar-refractivity contribution >= 4 is 18.0 Å². The zero-order valence-electron chi connectivity index (χ0n) is 19.2. The first-order valence-electron chi connectivity index (χ1n) is 11.1. The van der Waals surface area contributed by atoms with Gasteiger partial charge in [0, 0.05) is 17.9 Å². The van der Waals surface area contributed by atoms with Crippen LogP contribution in [0.2, 0.25) is 0 Å². The largest absolute Gasteiger partial charge is 0.508 e. The van der Waals surface area contributed by atoms with Gasteiger partial charge in [0.05, 0.1) is 0 Å². The van der Waals surface area contributed by atoms with Gasteiger partial charge in [0.1, 0.15) is 18.4 Å². The Labute approximate surface area is 203 Å². The van der Waals surface area contributed by atoms with Gasteiger partial charge in [-0.05, 0) is 46.9 Å². The Hall–Kier alpha value is -4.39. The molecule has 1 amide bonds. The highest BCUT2D eigenvalue weighted by Crippen LogP contribution is 2.44. The van der Waals surface area contributed by atoms with Gasteiger partial charge in [-0.15, -0.1) is 0 Å². The molecule has 0 saturated carbocycles. The molecule has 0 fully saturated rings.